The molecule has 4 heteroatoms. The zero-order valence-corrected chi connectivity index (χ0v) is 13.3. The molecule has 0 radical (unpaired) electrons. The fourth-order valence-electron chi connectivity index (χ4n) is 3.35. The number of aryl methyl sites for hydroxylation is 1. The summed E-state index contributed by atoms with van der Waals surface area (Å²) < 4.78 is 2.29. The first-order chi connectivity index (χ1) is 9.63. The molecule has 1 aromatic heterocycles. The molecule has 1 aliphatic heterocycles. The van der Waals surface area contributed by atoms with E-state index < -0.39 is 0 Å². The summed E-state index contributed by atoms with van der Waals surface area (Å²) in [5, 5.41) is 0. The van der Waals surface area contributed by atoms with Crippen molar-refractivity contribution in [1.29, 1.82) is 0 Å². The van der Waals surface area contributed by atoms with Crippen molar-refractivity contribution in [2.24, 2.45) is 11.7 Å². The maximum absolute atomic E-state index is 6.52. The Morgan fingerprint density at radius 3 is 2.90 bits per heavy atom. The molecule has 114 valence electrons. The topological polar surface area (TPSA) is 47.1 Å². The molecule has 0 saturated carbocycles. The van der Waals surface area contributed by atoms with Crippen LogP contribution >= 0.6 is 0 Å². The van der Waals surface area contributed by atoms with Crippen molar-refractivity contribution < 1.29 is 0 Å². The first-order valence-corrected chi connectivity index (χ1v) is 8.13. The van der Waals surface area contributed by atoms with Gasteiger partial charge in [-0.1, -0.05) is 27.2 Å². The highest BCUT2D eigenvalue weighted by Crippen LogP contribution is 2.30. The summed E-state index contributed by atoms with van der Waals surface area (Å²) in [6, 6.07) is 0.553. The molecule has 0 aliphatic carbocycles. The Bertz CT molecular complexity index is 399. The zero-order chi connectivity index (χ0) is 14.5. The molecule has 20 heavy (non-hydrogen) atoms. The summed E-state index contributed by atoms with van der Waals surface area (Å²) in [5.41, 5.74) is 7.83. The molecule has 4 nitrogen and oxygen atoms in total. The highest BCUT2D eigenvalue weighted by Gasteiger charge is 2.31. The number of rotatable bonds is 5. The molecule has 2 unspecified atom stereocenters. The molecule has 2 heterocycles. The monoisotopic (exact) mass is 278 g/mol. The van der Waals surface area contributed by atoms with E-state index in [1.54, 1.807) is 0 Å². The van der Waals surface area contributed by atoms with Gasteiger partial charge in [0.2, 0.25) is 0 Å². The van der Waals surface area contributed by atoms with Crippen molar-refractivity contribution >= 4 is 0 Å². The molecule has 0 aromatic carbocycles. The maximum atomic E-state index is 6.52. The lowest BCUT2D eigenvalue weighted by Gasteiger charge is -2.35. The van der Waals surface area contributed by atoms with Gasteiger partial charge in [-0.05, 0) is 31.7 Å². The van der Waals surface area contributed by atoms with Crippen LogP contribution in [0.5, 0.6) is 0 Å². The van der Waals surface area contributed by atoms with Crippen molar-refractivity contribution in [2.75, 3.05) is 13.1 Å². The minimum Gasteiger partial charge on any atom is -0.333 e. The van der Waals surface area contributed by atoms with E-state index in [2.05, 4.69) is 35.2 Å². The number of hydrogen-bond donors (Lipinski definition) is 1. The summed E-state index contributed by atoms with van der Waals surface area (Å²) in [5.74, 6) is 0.672. The van der Waals surface area contributed by atoms with Crippen LogP contribution in [0.2, 0.25) is 0 Å². The SMILES string of the molecule is CCCn1cncc1C1C(N)CCCCN1CC(C)C. The van der Waals surface area contributed by atoms with Crippen molar-refractivity contribution in [3.63, 3.8) is 0 Å². The molecule has 0 bridgehead atoms. The van der Waals surface area contributed by atoms with Crippen LogP contribution in [0, 0.1) is 5.92 Å². The number of nitrogens with zero attached hydrogens (tertiary/aromatic N) is 3. The van der Waals surface area contributed by atoms with E-state index in [0.29, 0.717) is 12.0 Å². The number of imidazole rings is 1. The van der Waals surface area contributed by atoms with E-state index in [-0.39, 0.29) is 6.04 Å². The van der Waals surface area contributed by atoms with Gasteiger partial charge < -0.3 is 10.3 Å². The van der Waals surface area contributed by atoms with E-state index >= 15 is 0 Å². The summed E-state index contributed by atoms with van der Waals surface area (Å²) in [4.78, 5) is 6.96. The van der Waals surface area contributed by atoms with Gasteiger partial charge in [0.25, 0.3) is 0 Å². The predicted molar refractivity (Wildman–Crippen MR) is 83.5 cm³/mol. The molecule has 2 rings (SSSR count). The lowest BCUT2D eigenvalue weighted by Crippen LogP contribution is -2.42. The Hall–Kier alpha value is -0.870. The second kappa shape index (κ2) is 7.23. The standard InChI is InChI=1S/C16H30N4/c1-4-8-20-12-18-10-15(20)16-14(17)7-5-6-9-19(16)11-13(2)3/h10,12-14,16H,4-9,11,17H2,1-3H3. The second-order valence-corrected chi connectivity index (χ2v) is 6.51. The molecule has 2 atom stereocenters. The van der Waals surface area contributed by atoms with Gasteiger partial charge in [0.1, 0.15) is 0 Å². The fraction of sp³-hybridized carbons (Fsp3) is 0.812. The maximum Gasteiger partial charge on any atom is 0.0948 e. The highest BCUT2D eigenvalue weighted by atomic mass is 15.2. The van der Waals surface area contributed by atoms with E-state index in [0.717, 1.165) is 32.5 Å². The molecule has 2 N–H and O–H groups in total. The summed E-state index contributed by atoms with van der Waals surface area (Å²) in [6.07, 6.45) is 8.75. The first-order valence-electron chi connectivity index (χ1n) is 8.13. The molecule has 1 saturated heterocycles. The van der Waals surface area contributed by atoms with Gasteiger partial charge in [0.15, 0.2) is 0 Å². The predicted octanol–water partition coefficient (Wildman–Crippen LogP) is 2.80. The molecule has 1 aromatic rings. The van der Waals surface area contributed by atoms with Crippen LogP contribution < -0.4 is 5.73 Å². The molecule has 0 amide bonds. The third-order valence-corrected chi connectivity index (χ3v) is 4.14. The van der Waals surface area contributed by atoms with Crippen molar-refractivity contribution in [3.8, 4) is 0 Å². The van der Waals surface area contributed by atoms with Crippen LogP contribution in [0.1, 0.15) is 58.2 Å². The molecular weight excluding hydrogens is 248 g/mol. The summed E-state index contributed by atoms with van der Waals surface area (Å²) in [7, 11) is 0. The van der Waals surface area contributed by atoms with Crippen molar-refractivity contribution in [3.05, 3.63) is 18.2 Å². The Labute approximate surface area is 123 Å². The second-order valence-electron chi connectivity index (χ2n) is 6.51. The van der Waals surface area contributed by atoms with E-state index in [1.165, 1.54) is 18.5 Å². The third kappa shape index (κ3) is 3.61. The quantitative estimate of drug-likeness (QED) is 0.901. The van der Waals surface area contributed by atoms with Gasteiger partial charge in [-0.3, -0.25) is 4.90 Å². The Morgan fingerprint density at radius 2 is 2.20 bits per heavy atom. The van der Waals surface area contributed by atoms with Crippen LogP contribution in [0.15, 0.2) is 12.5 Å². The Morgan fingerprint density at radius 1 is 1.40 bits per heavy atom. The summed E-state index contributed by atoms with van der Waals surface area (Å²) in [6.45, 7) is 10.1. The minimum absolute atomic E-state index is 0.226. The van der Waals surface area contributed by atoms with Crippen LogP contribution in [0.3, 0.4) is 0 Å². The molecule has 0 spiro atoms. The van der Waals surface area contributed by atoms with Gasteiger partial charge in [-0.25, -0.2) is 4.98 Å². The van der Waals surface area contributed by atoms with Crippen LogP contribution in [0.25, 0.3) is 0 Å². The van der Waals surface area contributed by atoms with E-state index in [1.807, 2.05) is 12.5 Å². The van der Waals surface area contributed by atoms with Crippen LogP contribution in [-0.4, -0.2) is 33.6 Å². The molecule has 1 fully saturated rings. The van der Waals surface area contributed by atoms with E-state index in [9.17, 15) is 0 Å². The van der Waals surface area contributed by atoms with Gasteiger partial charge in [-0.2, -0.15) is 0 Å². The smallest absolute Gasteiger partial charge is 0.0948 e. The highest BCUT2D eigenvalue weighted by molar-refractivity contribution is 5.10. The molecular formula is C16H30N4. The largest absolute Gasteiger partial charge is 0.333 e. The first kappa shape index (κ1) is 15.5. The number of nitrogens with two attached hydrogens (primary N) is 1. The Kier molecular flexibility index (Phi) is 5.61. The van der Waals surface area contributed by atoms with Crippen LogP contribution in [0.4, 0.5) is 0 Å². The van der Waals surface area contributed by atoms with Gasteiger partial charge >= 0.3 is 0 Å². The molecule has 1 aliphatic rings. The zero-order valence-electron chi connectivity index (χ0n) is 13.3. The summed E-state index contributed by atoms with van der Waals surface area (Å²) >= 11 is 0. The third-order valence-electron chi connectivity index (χ3n) is 4.14. The van der Waals surface area contributed by atoms with Crippen molar-refractivity contribution in [2.45, 2.75) is 65.1 Å². The average Bonchev–Trinajstić information content (AvgIpc) is 2.75. The number of likely N-dealkylation sites (tertiary alicyclic amines) is 1. The van der Waals surface area contributed by atoms with Gasteiger partial charge in [0.05, 0.1) is 18.1 Å². The van der Waals surface area contributed by atoms with E-state index in [4.69, 9.17) is 5.73 Å². The minimum atomic E-state index is 0.226. The fourth-order valence-corrected chi connectivity index (χ4v) is 3.35. The van der Waals surface area contributed by atoms with Gasteiger partial charge in [-0.15, -0.1) is 0 Å². The van der Waals surface area contributed by atoms with Gasteiger partial charge in [0, 0.05) is 25.3 Å². The average molecular weight is 278 g/mol. The lowest BCUT2D eigenvalue weighted by molar-refractivity contribution is 0.159. The van der Waals surface area contributed by atoms with Crippen LogP contribution in [-0.2, 0) is 6.54 Å². The number of hydrogen-bond acceptors (Lipinski definition) is 3. The van der Waals surface area contributed by atoms with Crippen molar-refractivity contribution in [1.82, 2.24) is 14.5 Å². The normalized spacial score (nSPS) is 25.1. The lowest BCUT2D eigenvalue weighted by atomic mass is 10.0. The number of aromatic nitrogens is 2. The Balaban J connectivity index is 2.27.